The van der Waals surface area contributed by atoms with Crippen molar-refractivity contribution in [2.75, 3.05) is 33.1 Å². The first kappa shape index (κ1) is 24.0. The van der Waals surface area contributed by atoms with Gasteiger partial charge in [0.15, 0.2) is 17.3 Å². The van der Waals surface area contributed by atoms with E-state index in [1.54, 1.807) is 51.6 Å². The highest BCUT2D eigenvalue weighted by Crippen LogP contribution is 2.57. The number of likely N-dealkylation sites (tertiary alicyclic amines) is 1. The van der Waals surface area contributed by atoms with Crippen molar-refractivity contribution < 1.29 is 29.3 Å². The van der Waals surface area contributed by atoms with Crippen molar-refractivity contribution in [3.05, 3.63) is 76.3 Å². The quantitative estimate of drug-likeness (QED) is 0.351. The Morgan fingerprint density at radius 1 is 1.06 bits per heavy atom. The second-order valence-electron chi connectivity index (χ2n) is 9.05. The van der Waals surface area contributed by atoms with Crippen molar-refractivity contribution in [2.24, 2.45) is 5.92 Å². The molecule has 2 aliphatic heterocycles. The van der Waals surface area contributed by atoms with Gasteiger partial charge in [-0.25, -0.2) is 0 Å². The lowest BCUT2D eigenvalue weighted by atomic mass is 9.70. The van der Waals surface area contributed by atoms with Crippen LogP contribution in [-0.4, -0.2) is 54.6 Å². The Labute approximate surface area is 213 Å². The third kappa shape index (κ3) is 3.40. The molecule has 1 spiro atoms. The van der Waals surface area contributed by atoms with E-state index in [4.69, 9.17) is 21.1 Å². The van der Waals surface area contributed by atoms with Crippen LogP contribution in [0.5, 0.6) is 23.0 Å². The monoisotopic (exact) mass is 508 g/mol. The van der Waals surface area contributed by atoms with E-state index in [-0.39, 0.29) is 23.0 Å². The van der Waals surface area contributed by atoms with E-state index in [9.17, 15) is 19.8 Å². The van der Waals surface area contributed by atoms with Gasteiger partial charge in [-0.1, -0.05) is 11.6 Å². The number of rotatable bonds is 5. The molecule has 2 aliphatic rings. The van der Waals surface area contributed by atoms with Crippen molar-refractivity contribution in [1.82, 2.24) is 4.90 Å². The van der Waals surface area contributed by atoms with E-state index in [0.717, 1.165) is 0 Å². The molecule has 8 nitrogen and oxygen atoms in total. The summed E-state index contributed by atoms with van der Waals surface area (Å²) in [5.74, 6) is -1.74. The van der Waals surface area contributed by atoms with Crippen molar-refractivity contribution >= 4 is 29.0 Å². The zero-order valence-electron chi connectivity index (χ0n) is 19.9. The Balaban J connectivity index is 1.77. The van der Waals surface area contributed by atoms with E-state index in [1.807, 2.05) is 11.0 Å². The minimum absolute atomic E-state index is 0.167. The number of benzene rings is 3. The first-order valence-corrected chi connectivity index (χ1v) is 11.7. The second-order valence-corrected chi connectivity index (χ2v) is 9.49. The van der Waals surface area contributed by atoms with Crippen molar-refractivity contribution in [3.63, 3.8) is 0 Å². The number of carbonyl (C=O) groups excluding carboxylic acids is 2. The van der Waals surface area contributed by atoms with Gasteiger partial charge in [0.25, 0.3) is 0 Å². The molecule has 0 saturated carbocycles. The van der Waals surface area contributed by atoms with Gasteiger partial charge >= 0.3 is 0 Å². The molecule has 186 valence electrons. The van der Waals surface area contributed by atoms with Gasteiger partial charge in [-0.15, -0.1) is 0 Å². The maximum absolute atomic E-state index is 14.3. The average molecular weight is 509 g/mol. The Hall–Kier alpha value is -3.75. The zero-order chi connectivity index (χ0) is 25.8. The summed E-state index contributed by atoms with van der Waals surface area (Å²) in [4.78, 5) is 30.0. The Morgan fingerprint density at radius 3 is 2.53 bits per heavy atom. The number of carbonyl (C=O) groups is 2. The smallest absolute Gasteiger partial charge is 0.250 e. The average Bonchev–Trinajstić information content (AvgIpc) is 3.34. The number of ether oxygens (including phenoxy) is 2. The number of halogens is 1. The van der Waals surface area contributed by atoms with Crippen LogP contribution >= 0.6 is 11.6 Å². The Kier molecular flexibility index (Phi) is 5.81. The summed E-state index contributed by atoms with van der Waals surface area (Å²) in [6.07, 6.45) is 0. The molecule has 5 rings (SSSR count). The molecule has 0 radical (unpaired) electrons. The standard InChI is InChI=1S/C27H25ClN2O6/c1-30-13-18(17-12-16(35-2)6-9-23(17)36-3)24(25(33)14-4-8-21(31)22(32)10-14)27(30)19-11-15(28)5-7-20(19)29-26(27)34/h4-12,18,24,31-32H,13H2,1-3H3,(H,29,34)/t18-,24-,27?/m1/s1. The first-order valence-electron chi connectivity index (χ1n) is 11.3. The maximum atomic E-state index is 14.3. The van der Waals surface area contributed by atoms with Gasteiger partial charge in [0.05, 0.1) is 20.1 Å². The number of Topliss-reactive ketones (excluding diaryl/α,β-unsaturated/α-hetero) is 1. The fourth-order valence-electron chi connectivity index (χ4n) is 5.68. The van der Waals surface area contributed by atoms with Gasteiger partial charge in [0.1, 0.15) is 17.0 Å². The number of phenolic OH excluding ortho intramolecular Hbond substituents is 2. The first-order chi connectivity index (χ1) is 17.2. The number of methoxy groups -OCH3 is 2. The molecule has 0 aromatic heterocycles. The van der Waals surface area contributed by atoms with E-state index in [1.165, 1.54) is 18.2 Å². The van der Waals surface area contributed by atoms with Gasteiger partial charge in [-0.2, -0.15) is 0 Å². The number of likely N-dealkylation sites (N-methyl/N-ethyl adjacent to an activating group) is 1. The van der Waals surface area contributed by atoms with Crippen LogP contribution in [0.2, 0.25) is 5.02 Å². The lowest BCUT2D eigenvalue weighted by molar-refractivity contribution is -0.126. The second kappa shape index (κ2) is 8.72. The number of aromatic hydroxyl groups is 2. The number of ketones is 1. The molecule has 9 heteroatoms. The third-order valence-electron chi connectivity index (χ3n) is 7.29. The summed E-state index contributed by atoms with van der Waals surface area (Å²) in [6, 6.07) is 14.4. The van der Waals surface area contributed by atoms with Crippen molar-refractivity contribution in [2.45, 2.75) is 11.5 Å². The minimum atomic E-state index is -1.37. The van der Waals surface area contributed by atoms with Crippen LogP contribution in [0.4, 0.5) is 5.69 Å². The van der Waals surface area contributed by atoms with Crippen molar-refractivity contribution in [3.8, 4) is 23.0 Å². The van der Waals surface area contributed by atoms with Crippen LogP contribution in [0, 0.1) is 5.92 Å². The number of anilines is 1. The number of hydrogen-bond acceptors (Lipinski definition) is 7. The predicted octanol–water partition coefficient (Wildman–Crippen LogP) is 4.14. The summed E-state index contributed by atoms with van der Waals surface area (Å²) >= 11 is 6.36. The number of phenols is 2. The molecule has 1 unspecified atom stereocenters. The minimum Gasteiger partial charge on any atom is -0.504 e. The number of nitrogens with one attached hydrogen (secondary N) is 1. The molecule has 3 N–H and O–H groups in total. The van der Waals surface area contributed by atoms with E-state index >= 15 is 0 Å². The largest absolute Gasteiger partial charge is 0.504 e. The summed E-state index contributed by atoms with van der Waals surface area (Å²) in [6.45, 7) is 0.351. The normalized spacial score (nSPS) is 22.9. The highest BCUT2D eigenvalue weighted by Gasteiger charge is 2.64. The fraction of sp³-hybridized carbons (Fsp3) is 0.259. The summed E-state index contributed by atoms with van der Waals surface area (Å²) < 4.78 is 11.1. The highest BCUT2D eigenvalue weighted by atomic mass is 35.5. The Morgan fingerprint density at radius 2 is 1.83 bits per heavy atom. The molecular weight excluding hydrogens is 484 g/mol. The lowest BCUT2D eigenvalue weighted by Crippen LogP contribution is -2.51. The fourth-order valence-corrected chi connectivity index (χ4v) is 5.85. The van der Waals surface area contributed by atoms with Gasteiger partial charge in [-0.05, 0) is 61.6 Å². The number of fused-ring (bicyclic) bond motifs is 2. The molecule has 1 amide bonds. The summed E-state index contributed by atoms with van der Waals surface area (Å²) in [5, 5.41) is 23.3. The molecule has 2 heterocycles. The molecule has 36 heavy (non-hydrogen) atoms. The maximum Gasteiger partial charge on any atom is 0.250 e. The summed E-state index contributed by atoms with van der Waals surface area (Å²) in [5.41, 5.74) is 0.697. The zero-order valence-corrected chi connectivity index (χ0v) is 20.7. The third-order valence-corrected chi connectivity index (χ3v) is 7.53. The molecular formula is C27H25ClN2O6. The van der Waals surface area contributed by atoms with Crippen LogP contribution < -0.4 is 14.8 Å². The van der Waals surface area contributed by atoms with Crippen LogP contribution in [0.1, 0.15) is 27.4 Å². The van der Waals surface area contributed by atoms with Gasteiger partial charge in [-0.3, -0.25) is 14.5 Å². The SMILES string of the molecule is COc1ccc(OC)c([C@H]2CN(C)C3(C(=O)Nc4ccc(Cl)cc43)[C@H]2C(=O)c2ccc(O)c(O)c2)c1. The number of amides is 1. The summed E-state index contributed by atoms with van der Waals surface area (Å²) in [7, 11) is 4.90. The number of hydrogen-bond donors (Lipinski definition) is 3. The molecule has 1 fully saturated rings. The number of nitrogens with zero attached hydrogens (tertiary/aromatic N) is 1. The van der Waals surface area contributed by atoms with Crippen LogP contribution in [0.15, 0.2) is 54.6 Å². The molecule has 0 bridgehead atoms. The van der Waals surface area contributed by atoms with Gasteiger partial charge in [0.2, 0.25) is 5.91 Å². The molecule has 3 aromatic rings. The van der Waals surface area contributed by atoms with E-state index in [0.29, 0.717) is 39.9 Å². The van der Waals surface area contributed by atoms with Crippen molar-refractivity contribution in [1.29, 1.82) is 0 Å². The van der Waals surface area contributed by atoms with Crippen LogP contribution in [0.3, 0.4) is 0 Å². The van der Waals surface area contributed by atoms with E-state index < -0.39 is 23.1 Å². The van der Waals surface area contributed by atoms with Crippen LogP contribution in [0.25, 0.3) is 0 Å². The molecule has 0 aliphatic carbocycles. The molecule has 3 atom stereocenters. The Bertz CT molecular complexity index is 1390. The topological polar surface area (TPSA) is 108 Å². The van der Waals surface area contributed by atoms with E-state index in [2.05, 4.69) is 5.32 Å². The van der Waals surface area contributed by atoms with Gasteiger partial charge in [0, 0.05) is 39.9 Å². The molecule has 3 aromatic carbocycles. The predicted molar refractivity (Wildman–Crippen MR) is 134 cm³/mol. The highest BCUT2D eigenvalue weighted by molar-refractivity contribution is 6.31. The molecule has 1 saturated heterocycles. The van der Waals surface area contributed by atoms with Crippen LogP contribution in [-0.2, 0) is 10.3 Å². The lowest BCUT2D eigenvalue weighted by Gasteiger charge is -2.35. The van der Waals surface area contributed by atoms with Gasteiger partial charge < -0.3 is 25.0 Å².